The second kappa shape index (κ2) is 13.6. The predicted octanol–water partition coefficient (Wildman–Crippen LogP) is 8.68. The van der Waals surface area contributed by atoms with Crippen molar-refractivity contribution in [1.82, 2.24) is 0 Å². The molecule has 3 nitrogen and oxygen atoms in total. The van der Waals surface area contributed by atoms with Crippen molar-refractivity contribution >= 4 is 10.8 Å². The standard InChI is InChI=1S/C32H47F5O3S/c1-30-17-15-26-25-12-11-24(38)21-23(25)20-22(29(26)27(30)13-14-28(30)39)10-7-5-3-2-4-6-8-18-41(40)19-9-16-31(33,34)32(35,36)37/h11-12,21-22,26-29,38-39H,2-10,13-20H2,1H3/t22-,26+,27-,28-,29+,30-,41?/m0/s1. The molecule has 0 saturated heterocycles. The van der Waals surface area contributed by atoms with E-state index in [0.29, 0.717) is 41.6 Å². The van der Waals surface area contributed by atoms with Crippen LogP contribution >= 0.6 is 0 Å². The Morgan fingerprint density at radius 1 is 0.927 bits per heavy atom. The molecule has 1 aromatic carbocycles. The van der Waals surface area contributed by atoms with E-state index in [9.17, 15) is 36.4 Å². The molecule has 2 fully saturated rings. The summed E-state index contributed by atoms with van der Waals surface area (Å²) in [7, 11) is -1.35. The van der Waals surface area contributed by atoms with E-state index in [1.165, 1.54) is 11.1 Å². The number of aliphatic hydroxyl groups excluding tert-OH is 1. The number of hydrogen-bond acceptors (Lipinski definition) is 3. The molecule has 1 unspecified atom stereocenters. The van der Waals surface area contributed by atoms with Crippen LogP contribution in [0.3, 0.4) is 0 Å². The van der Waals surface area contributed by atoms with E-state index in [4.69, 9.17) is 0 Å². The maximum atomic E-state index is 13.0. The Morgan fingerprint density at radius 3 is 2.29 bits per heavy atom. The van der Waals surface area contributed by atoms with Crippen LogP contribution in [0.5, 0.6) is 5.75 Å². The molecule has 0 amide bonds. The fourth-order valence-electron chi connectivity index (χ4n) is 8.28. The van der Waals surface area contributed by atoms with Crippen LogP contribution < -0.4 is 0 Å². The van der Waals surface area contributed by atoms with Crippen molar-refractivity contribution in [1.29, 1.82) is 0 Å². The van der Waals surface area contributed by atoms with Crippen molar-refractivity contribution in [2.75, 3.05) is 11.5 Å². The summed E-state index contributed by atoms with van der Waals surface area (Å²) in [5.41, 5.74) is 2.73. The highest BCUT2D eigenvalue weighted by Crippen LogP contribution is 2.62. The first kappa shape index (κ1) is 32.7. The number of halogens is 5. The largest absolute Gasteiger partial charge is 0.508 e. The van der Waals surface area contributed by atoms with Crippen LogP contribution in [0.4, 0.5) is 22.0 Å². The lowest BCUT2D eigenvalue weighted by Crippen LogP contribution is -2.47. The Labute approximate surface area is 244 Å². The lowest BCUT2D eigenvalue weighted by atomic mass is 9.52. The molecule has 234 valence electrons. The molecule has 0 aromatic heterocycles. The summed E-state index contributed by atoms with van der Waals surface area (Å²) in [6.45, 7) is 2.30. The van der Waals surface area contributed by atoms with Crippen molar-refractivity contribution in [3.05, 3.63) is 29.3 Å². The van der Waals surface area contributed by atoms with Gasteiger partial charge in [0.1, 0.15) is 5.75 Å². The average molecular weight is 607 g/mol. The van der Waals surface area contributed by atoms with Crippen molar-refractivity contribution in [2.45, 2.75) is 127 Å². The molecule has 0 aliphatic heterocycles. The number of hydrogen-bond donors (Lipinski definition) is 2. The number of aliphatic hydroxyl groups is 1. The number of benzene rings is 1. The summed E-state index contributed by atoms with van der Waals surface area (Å²) >= 11 is 0. The van der Waals surface area contributed by atoms with Crippen molar-refractivity contribution < 1.29 is 36.4 Å². The van der Waals surface area contributed by atoms with Gasteiger partial charge in [-0.2, -0.15) is 22.0 Å². The number of rotatable bonds is 14. The van der Waals surface area contributed by atoms with Gasteiger partial charge in [-0.1, -0.05) is 51.5 Å². The fourth-order valence-corrected chi connectivity index (χ4v) is 9.48. The maximum Gasteiger partial charge on any atom is 0.453 e. The molecule has 3 aliphatic rings. The minimum absolute atomic E-state index is 0.0195. The summed E-state index contributed by atoms with van der Waals surface area (Å²) in [4.78, 5) is 0. The number of phenols is 1. The molecule has 0 radical (unpaired) electrons. The van der Waals surface area contributed by atoms with Gasteiger partial charge in [0.25, 0.3) is 0 Å². The molecule has 2 N–H and O–H groups in total. The van der Waals surface area contributed by atoms with Gasteiger partial charge >= 0.3 is 12.1 Å². The van der Waals surface area contributed by atoms with E-state index in [-0.39, 0.29) is 17.3 Å². The fraction of sp³-hybridized carbons (Fsp3) is 0.812. The molecule has 41 heavy (non-hydrogen) atoms. The van der Waals surface area contributed by atoms with Crippen LogP contribution in [0.15, 0.2) is 18.2 Å². The van der Waals surface area contributed by atoms with Crippen LogP contribution in [0, 0.1) is 23.2 Å². The second-order valence-electron chi connectivity index (χ2n) is 13.2. The topological polar surface area (TPSA) is 57.5 Å². The van der Waals surface area contributed by atoms with Gasteiger partial charge in [-0.05, 0) is 104 Å². The molecule has 3 aliphatic carbocycles. The van der Waals surface area contributed by atoms with Crippen LogP contribution in [0.2, 0.25) is 0 Å². The van der Waals surface area contributed by atoms with Crippen LogP contribution in [0.1, 0.15) is 114 Å². The van der Waals surface area contributed by atoms with Crippen LogP contribution in [0.25, 0.3) is 0 Å². The van der Waals surface area contributed by atoms with Gasteiger partial charge in [0.2, 0.25) is 0 Å². The molecule has 0 bridgehead atoms. The highest BCUT2D eigenvalue weighted by atomic mass is 32.2. The number of aromatic hydroxyl groups is 1. The van der Waals surface area contributed by atoms with Gasteiger partial charge in [-0.25, -0.2) is 0 Å². The first-order chi connectivity index (χ1) is 19.3. The Balaban J connectivity index is 1.15. The zero-order valence-corrected chi connectivity index (χ0v) is 25.1. The summed E-state index contributed by atoms with van der Waals surface area (Å²) in [5, 5.41) is 21.0. The second-order valence-corrected chi connectivity index (χ2v) is 14.9. The van der Waals surface area contributed by atoms with E-state index in [0.717, 1.165) is 77.0 Å². The summed E-state index contributed by atoms with van der Waals surface area (Å²) in [5.74, 6) is -1.91. The molecule has 0 heterocycles. The first-order valence-electron chi connectivity index (χ1n) is 15.6. The minimum Gasteiger partial charge on any atom is -0.508 e. The molecular formula is C32H47F5O3S. The van der Waals surface area contributed by atoms with Crippen molar-refractivity contribution in [2.24, 2.45) is 23.2 Å². The van der Waals surface area contributed by atoms with Gasteiger partial charge in [0.15, 0.2) is 0 Å². The van der Waals surface area contributed by atoms with Crippen molar-refractivity contribution in [3.8, 4) is 5.75 Å². The third-order valence-electron chi connectivity index (χ3n) is 10.6. The molecule has 0 spiro atoms. The maximum absolute atomic E-state index is 13.0. The molecule has 4 rings (SSSR count). The van der Waals surface area contributed by atoms with Gasteiger partial charge in [-0.15, -0.1) is 0 Å². The molecule has 2 saturated carbocycles. The quantitative estimate of drug-likeness (QED) is 0.165. The third kappa shape index (κ3) is 7.66. The Morgan fingerprint density at radius 2 is 1.59 bits per heavy atom. The Bertz CT molecular complexity index is 1030. The minimum atomic E-state index is -5.54. The van der Waals surface area contributed by atoms with Gasteiger partial charge in [-0.3, -0.25) is 4.21 Å². The lowest BCUT2D eigenvalue weighted by Gasteiger charge is -2.53. The highest BCUT2D eigenvalue weighted by molar-refractivity contribution is 7.84. The summed E-state index contributed by atoms with van der Waals surface area (Å²) < 4.78 is 74.5. The lowest BCUT2D eigenvalue weighted by molar-refractivity contribution is -0.284. The van der Waals surface area contributed by atoms with E-state index >= 15 is 0 Å². The summed E-state index contributed by atoms with van der Waals surface area (Å²) in [6, 6.07) is 5.92. The Hall–Kier alpha value is -1.22. The number of phenolic OH excluding ortho intramolecular Hbond substituents is 1. The number of alkyl halides is 5. The van der Waals surface area contributed by atoms with Crippen LogP contribution in [-0.2, 0) is 17.2 Å². The smallest absolute Gasteiger partial charge is 0.453 e. The van der Waals surface area contributed by atoms with Crippen LogP contribution in [-0.4, -0.2) is 44.1 Å². The monoisotopic (exact) mass is 606 g/mol. The molecular weight excluding hydrogens is 559 g/mol. The highest BCUT2D eigenvalue weighted by Gasteiger charge is 2.57. The van der Waals surface area contributed by atoms with Crippen molar-refractivity contribution in [3.63, 3.8) is 0 Å². The summed E-state index contributed by atoms with van der Waals surface area (Å²) in [6.07, 6.45) is 5.97. The average Bonchev–Trinajstić information content (AvgIpc) is 3.20. The zero-order chi connectivity index (χ0) is 29.8. The van der Waals surface area contributed by atoms with E-state index < -0.39 is 35.7 Å². The predicted molar refractivity (Wildman–Crippen MR) is 153 cm³/mol. The Kier molecular flexibility index (Phi) is 10.8. The van der Waals surface area contributed by atoms with Gasteiger partial charge < -0.3 is 10.2 Å². The molecule has 1 aromatic rings. The number of unbranched alkanes of at least 4 members (excludes halogenated alkanes) is 6. The number of fused-ring (bicyclic) bond motifs is 5. The van der Waals surface area contributed by atoms with E-state index in [2.05, 4.69) is 13.0 Å². The third-order valence-corrected chi connectivity index (χ3v) is 12.0. The molecule has 7 atom stereocenters. The first-order valence-corrected chi connectivity index (χ1v) is 17.1. The SMILES string of the molecule is C[C@]12CC[C@@H]3c4ccc(O)cc4C[C@H](CCCCCCCCCS(=O)CCCC(F)(F)C(F)(F)F)[C@H]3[C@@H]1CC[C@@H]2O. The van der Waals surface area contributed by atoms with Gasteiger partial charge in [0, 0.05) is 28.7 Å². The van der Waals surface area contributed by atoms with Gasteiger partial charge in [0.05, 0.1) is 6.10 Å². The van der Waals surface area contributed by atoms with E-state index in [1.807, 2.05) is 12.1 Å². The normalized spacial score (nSPS) is 30.5. The zero-order valence-electron chi connectivity index (χ0n) is 24.2. The van der Waals surface area contributed by atoms with E-state index in [1.54, 1.807) is 0 Å². The molecule has 9 heteroatoms.